The second-order valence-corrected chi connectivity index (χ2v) is 9.06. The van der Waals surface area contributed by atoms with E-state index in [-0.39, 0.29) is 11.5 Å². The van der Waals surface area contributed by atoms with Crippen molar-refractivity contribution < 1.29 is 5.11 Å². The minimum absolute atomic E-state index is 0.254. The molecule has 22 heavy (non-hydrogen) atoms. The van der Waals surface area contributed by atoms with Crippen molar-refractivity contribution in [3.8, 4) is 0 Å². The van der Waals surface area contributed by atoms with Crippen molar-refractivity contribution in [2.75, 3.05) is 0 Å². The quantitative estimate of drug-likeness (QED) is 0.667. The molecule has 0 unspecified atom stereocenters. The summed E-state index contributed by atoms with van der Waals surface area (Å²) < 4.78 is 0. The molecule has 0 heterocycles. The van der Waals surface area contributed by atoms with E-state index in [1.165, 1.54) is 50.5 Å². The Hall–Kier alpha value is -0.560. The molecule has 4 rings (SSSR count). The largest absolute Gasteiger partial charge is 0.389 e. The summed E-state index contributed by atoms with van der Waals surface area (Å²) in [6.07, 6.45) is 16.5. The molecule has 0 amide bonds. The lowest BCUT2D eigenvalue weighted by Gasteiger charge is -2.59. The molecule has 4 aliphatic rings. The highest BCUT2D eigenvalue weighted by molar-refractivity contribution is 5.28. The summed E-state index contributed by atoms with van der Waals surface area (Å²) in [5.41, 5.74) is 2.18. The van der Waals surface area contributed by atoms with Crippen LogP contribution < -0.4 is 0 Å². The van der Waals surface area contributed by atoms with Crippen molar-refractivity contribution in [3.63, 3.8) is 0 Å². The average molecular weight is 300 g/mol. The molecule has 1 nitrogen and oxygen atoms in total. The number of hydrogen-bond donors (Lipinski definition) is 1. The summed E-state index contributed by atoms with van der Waals surface area (Å²) in [7, 11) is 0. The van der Waals surface area contributed by atoms with Gasteiger partial charge >= 0.3 is 0 Å². The second-order valence-electron chi connectivity index (χ2n) is 9.06. The van der Waals surface area contributed by atoms with Crippen LogP contribution in [0.3, 0.4) is 0 Å². The van der Waals surface area contributed by atoms with E-state index in [9.17, 15) is 5.11 Å². The molecule has 2 saturated carbocycles. The third-order valence-corrected chi connectivity index (χ3v) is 8.25. The molecular formula is C21H32O. The van der Waals surface area contributed by atoms with Gasteiger partial charge in [-0.2, -0.15) is 0 Å². The summed E-state index contributed by atoms with van der Waals surface area (Å²) in [5.74, 6) is 3.42. The molecular weight excluding hydrogens is 268 g/mol. The molecule has 0 saturated heterocycles. The summed E-state index contributed by atoms with van der Waals surface area (Å²) in [4.78, 5) is 0. The first-order valence-electron chi connectivity index (χ1n) is 9.52. The van der Waals surface area contributed by atoms with Crippen LogP contribution in [0.15, 0.2) is 23.8 Å². The first-order chi connectivity index (χ1) is 10.5. The van der Waals surface area contributed by atoms with E-state index < -0.39 is 0 Å². The van der Waals surface area contributed by atoms with E-state index in [4.69, 9.17) is 0 Å². The molecule has 0 radical (unpaired) electrons. The van der Waals surface area contributed by atoms with Crippen molar-refractivity contribution in [3.05, 3.63) is 23.8 Å². The highest BCUT2D eigenvalue weighted by atomic mass is 16.3. The molecule has 7 atom stereocenters. The van der Waals surface area contributed by atoms with Gasteiger partial charge < -0.3 is 5.11 Å². The molecule has 0 aliphatic heterocycles. The molecule has 0 spiro atoms. The molecule has 1 heteroatoms. The lowest BCUT2D eigenvalue weighted by molar-refractivity contribution is -0.0787. The Bertz CT molecular complexity index is 516. The highest BCUT2D eigenvalue weighted by Crippen LogP contribution is 2.65. The summed E-state index contributed by atoms with van der Waals surface area (Å²) in [5, 5.41) is 10.2. The van der Waals surface area contributed by atoms with E-state index in [1.807, 2.05) is 6.92 Å². The van der Waals surface area contributed by atoms with Gasteiger partial charge in [-0.15, -0.1) is 0 Å². The van der Waals surface area contributed by atoms with Gasteiger partial charge in [0.25, 0.3) is 0 Å². The van der Waals surface area contributed by atoms with Gasteiger partial charge in [-0.3, -0.25) is 0 Å². The predicted octanol–water partition coefficient (Wildman–Crippen LogP) is 5.11. The Labute approximate surface area is 135 Å². The Morgan fingerprint density at radius 1 is 1.14 bits per heavy atom. The fourth-order valence-electron chi connectivity index (χ4n) is 7.08. The van der Waals surface area contributed by atoms with Gasteiger partial charge in [0.15, 0.2) is 0 Å². The highest BCUT2D eigenvalue weighted by Gasteiger charge is 2.57. The van der Waals surface area contributed by atoms with E-state index in [0.29, 0.717) is 5.41 Å². The first kappa shape index (κ1) is 15.0. The SMILES string of the molecule is C[C@H](O)C1=CC[C@H]2[C@@H]3CC[C@@H]4C=CCC[C@]4(C)[C@H]3CC[C@]12C. The average Bonchev–Trinajstić information content (AvgIpc) is 2.84. The van der Waals surface area contributed by atoms with E-state index in [1.54, 1.807) is 0 Å². The summed E-state index contributed by atoms with van der Waals surface area (Å²) in [6, 6.07) is 0. The monoisotopic (exact) mass is 300 g/mol. The normalized spacial score (nSPS) is 51.5. The lowest BCUT2D eigenvalue weighted by Crippen LogP contribution is -2.52. The van der Waals surface area contributed by atoms with Crippen LogP contribution in [0.2, 0.25) is 0 Å². The zero-order valence-corrected chi connectivity index (χ0v) is 14.5. The van der Waals surface area contributed by atoms with Crippen LogP contribution in [0.25, 0.3) is 0 Å². The number of aliphatic hydroxyl groups excluding tert-OH is 1. The molecule has 0 aromatic rings. The van der Waals surface area contributed by atoms with Crippen molar-refractivity contribution in [2.24, 2.45) is 34.5 Å². The first-order valence-corrected chi connectivity index (χ1v) is 9.52. The van der Waals surface area contributed by atoms with Crippen molar-refractivity contribution in [2.45, 2.75) is 71.8 Å². The summed E-state index contributed by atoms with van der Waals surface area (Å²) >= 11 is 0. The van der Waals surface area contributed by atoms with Crippen LogP contribution in [-0.4, -0.2) is 11.2 Å². The fourth-order valence-corrected chi connectivity index (χ4v) is 7.08. The molecule has 1 N–H and O–H groups in total. The predicted molar refractivity (Wildman–Crippen MR) is 91.4 cm³/mol. The van der Waals surface area contributed by atoms with Gasteiger partial charge in [-0.1, -0.05) is 32.1 Å². The van der Waals surface area contributed by atoms with Crippen molar-refractivity contribution >= 4 is 0 Å². The smallest absolute Gasteiger partial charge is 0.0727 e. The topological polar surface area (TPSA) is 20.2 Å². The maximum Gasteiger partial charge on any atom is 0.0727 e. The van der Waals surface area contributed by atoms with Crippen LogP contribution in [0.5, 0.6) is 0 Å². The van der Waals surface area contributed by atoms with Gasteiger partial charge in [-0.05, 0) is 91.9 Å². The number of fused-ring (bicyclic) bond motifs is 5. The Balaban J connectivity index is 1.65. The second kappa shape index (κ2) is 4.97. The standard InChI is InChI=1S/C21H32O/c1-14(22)17-9-10-18-16-8-7-15-6-4-5-12-20(15,2)19(16)11-13-21(17,18)3/h4,6,9,14-16,18-19,22H,5,7-8,10-13H2,1-3H3/t14-,15-,16-,18-,19-,20-,21+/m0/s1. The van der Waals surface area contributed by atoms with E-state index in [0.717, 1.165) is 23.7 Å². The minimum Gasteiger partial charge on any atom is -0.389 e. The van der Waals surface area contributed by atoms with Gasteiger partial charge in [0.2, 0.25) is 0 Å². The van der Waals surface area contributed by atoms with Gasteiger partial charge in [-0.25, -0.2) is 0 Å². The number of allylic oxidation sites excluding steroid dienone is 3. The van der Waals surface area contributed by atoms with E-state index in [2.05, 4.69) is 32.1 Å². The van der Waals surface area contributed by atoms with Crippen molar-refractivity contribution in [1.82, 2.24) is 0 Å². The zero-order chi connectivity index (χ0) is 15.5. The summed E-state index contributed by atoms with van der Waals surface area (Å²) in [6.45, 7) is 7.02. The Morgan fingerprint density at radius 3 is 2.73 bits per heavy atom. The van der Waals surface area contributed by atoms with E-state index >= 15 is 0 Å². The minimum atomic E-state index is -0.254. The molecule has 0 aromatic carbocycles. The number of hydrogen-bond acceptors (Lipinski definition) is 1. The van der Waals surface area contributed by atoms with Crippen LogP contribution in [0, 0.1) is 34.5 Å². The van der Waals surface area contributed by atoms with Crippen LogP contribution >= 0.6 is 0 Å². The maximum atomic E-state index is 10.2. The third kappa shape index (κ3) is 1.87. The molecule has 122 valence electrons. The lowest BCUT2D eigenvalue weighted by atomic mass is 9.45. The van der Waals surface area contributed by atoms with Crippen molar-refractivity contribution in [1.29, 1.82) is 0 Å². The maximum absolute atomic E-state index is 10.2. The molecule has 0 aromatic heterocycles. The Morgan fingerprint density at radius 2 is 1.95 bits per heavy atom. The van der Waals surface area contributed by atoms with Crippen LogP contribution in [0.1, 0.15) is 65.7 Å². The molecule has 2 fully saturated rings. The number of rotatable bonds is 1. The number of aliphatic hydroxyl groups is 1. The molecule has 0 bridgehead atoms. The van der Waals surface area contributed by atoms with Gasteiger partial charge in [0.1, 0.15) is 0 Å². The van der Waals surface area contributed by atoms with Crippen LogP contribution in [0.4, 0.5) is 0 Å². The van der Waals surface area contributed by atoms with Gasteiger partial charge in [0, 0.05) is 0 Å². The third-order valence-electron chi connectivity index (χ3n) is 8.25. The van der Waals surface area contributed by atoms with Crippen LogP contribution in [-0.2, 0) is 0 Å². The zero-order valence-electron chi connectivity index (χ0n) is 14.5. The van der Waals surface area contributed by atoms with Gasteiger partial charge in [0.05, 0.1) is 6.10 Å². The molecule has 4 aliphatic carbocycles. The fraction of sp³-hybridized carbons (Fsp3) is 0.810. The Kier molecular flexibility index (Phi) is 3.39.